The minimum Gasteiger partial charge on any atom is -0.461 e. The van der Waals surface area contributed by atoms with Gasteiger partial charge < -0.3 is 43.9 Å². The van der Waals surface area contributed by atoms with Crippen LogP contribution in [0.1, 0.15) is 132 Å². The molecular weight excluding hydrogens is 819 g/mol. The first-order chi connectivity index (χ1) is 30.3. The molecule has 2 bridgehead atoms. The van der Waals surface area contributed by atoms with E-state index in [4.69, 9.17) is 23.7 Å². The van der Waals surface area contributed by atoms with Crippen LogP contribution in [-0.2, 0) is 42.9 Å². The maximum absolute atomic E-state index is 14.4. The van der Waals surface area contributed by atoms with Crippen molar-refractivity contribution in [2.24, 2.45) is 35.5 Å². The van der Waals surface area contributed by atoms with Crippen molar-refractivity contribution >= 4 is 23.4 Å². The van der Waals surface area contributed by atoms with Crippen molar-refractivity contribution in [1.82, 2.24) is 4.90 Å². The highest BCUT2D eigenvalue weighted by Crippen LogP contribution is 2.38. The number of aliphatic hydroxyl groups excluding tert-OH is 2. The number of ketones is 2. The van der Waals surface area contributed by atoms with Gasteiger partial charge in [0.15, 0.2) is 5.78 Å². The Morgan fingerprint density at radius 1 is 0.812 bits per heavy atom. The SMILES string of the molecule is CO[C@H]1C[C@@H]2CC[C@@H](C)[C@@](O)(O2)C(=O)C(=O)N2CCCC[C@H]2C(=O)O[C@H](C(C)C[C@H]2CC[C@@H](O)[C@H](OC)C2)CC[C@H](C)/C=C(\C)[C@@H](O)[C@@H](OC)C(=O)[C@H](C)C[C@H](C)\C=C/C=C/C=C/1C. The third-order valence-corrected chi connectivity index (χ3v) is 14.5. The monoisotopic (exact) mass is 900 g/mol. The maximum atomic E-state index is 14.4. The molecule has 1 aliphatic carbocycles. The average molecular weight is 900 g/mol. The average Bonchev–Trinajstić information content (AvgIpc) is 3.27. The number of carbonyl (C=O) groups excluding carboxylic acids is 4. The van der Waals surface area contributed by atoms with Crippen LogP contribution in [0.25, 0.3) is 0 Å². The molecule has 2 saturated heterocycles. The number of aliphatic hydroxyl groups is 3. The molecule has 0 radical (unpaired) electrons. The zero-order valence-corrected chi connectivity index (χ0v) is 40.4. The first-order valence-electron chi connectivity index (χ1n) is 24.0. The molecule has 1 amide bonds. The number of carbonyl (C=O) groups is 4. The van der Waals surface area contributed by atoms with Gasteiger partial charge in [0.1, 0.15) is 24.4 Å². The Labute approximate surface area is 383 Å². The molecule has 3 fully saturated rings. The van der Waals surface area contributed by atoms with E-state index in [0.29, 0.717) is 76.2 Å². The predicted molar refractivity (Wildman–Crippen MR) is 245 cm³/mol. The summed E-state index contributed by atoms with van der Waals surface area (Å²) in [5.74, 6) is -6.09. The van der Waals surface area contributed by atoms with E-state index in [1.54, 1.807) is 28.1 Å². The fourth-order valence-electron chi connectivity index (χ4n) is 10.3. The van der Waals surface area contributed by atoms with E-state index in [9.17, 15) is 34.5 Å². The van der Waals surface area contributed by atoms with E-state index in [1.165, 1.54) is 12.0 Å². The third-order valence-electron chi connectivity index (χ3n) is 14.5. The predicted octanol–water partition coefficient (Wildman–Crippen LogP) is 7.00. The number of cyclic esters (lactones) is 1. The molecule has 0 aromatic carbocycles. The Balaban J connectivity index is 1.67. The Kier molecular flexibility index (Phi) is 21.1. The molecule has 3 heterocycles. The lowest BCUT2D eigenvalue weighted by Crippen LogP contribution is -2.61. The number of rotatable bonds is 6. The largest absolute Gasteiger partial charge is 0.461 e. The van der Waals surface area contributed by atoms with Gasteiger partial charge in [0.25, 0.3) is 11.7 Å². The molecular formula is C51H81NO12. The van der Waals surface area contributed by atoms with Crippen LogP contribution in [-0.4, -0.2) is 126 Å². The van der Waals surface area contributed by atoms with Gasteiger partial charge in [-0.3, -0.25) is 14.4 Å². The lowest BCUT2D eigenvalue weighted by atomic mass is 9.78. The second kappa shape index (κ2) is 25.2. The number of ether oxygens (including phenoxy) is 5. The summed E-state index contributed by atoms with van der Waals surface area (Å²) in [6.45, 7) is 13.6. The van der Waals surface area contributed by atoms with Gasteiger partial charge in [0, 0.05) is 46.1 Å². The van der Waals surface area contributed by atoms with Crippen LogP contribution in [0.2, 0.25) is 0 Å². The maximum Gasteiger partial charge on any atom is 0.329 e. The van der Waals surface area contributed by atoms with Crippen molar-refractivity contribution in [3.8, 4) is 0 Å². The van der Waals surface area contributed by atoms with Crippen molar-refractivity contribution < 1.29 is 58.2 Å². The van der Waals surface area contributed by atoms with E-state index < -0.39 is 72.0 Å². The van der Waals surface area contributed by atoms with E-state index in [2.05, 4.69) is 6.92 Å². The number of allylic oxidation sites excluding steroid dienone is 6. The third kappa shape index (κ3) is 14.2. The van der Waals surface area contributed by atoms with Crippen LogP contribution in [0, 0.1) is 35.5 Å². The fourth-order valence-corrected chi connectivity index (χ4v) is 10.3. The standard InChI is InChI=1S/C51H81NO12/c1-31-16-12-11-13-17-33(3)43(60-8)30-39-22-20-37(7)51(59,64-39)48(56)49(57)52-25-15-14-18-40(52)50(58)63-42(34(4)28-38-21-23-41(53)44(29-38)61-9)24-19-32(2)27-36(6)46(55)47(62-10)45(54)35(5)26-31/h11-13,16-17,27,31-32,34-35,37-44,46-47,53,55,59H,14-15,18-26,28-30H2,1-10H3/b13-11+,16-12-,33-17+,36-27+/t31-,32+,34?,35-,37-,38-,39+,40+,41-,42+,43+,44-,46-,47+,51-/m1/s1. The lowest BCUT2D eigenvalue weighted by Gasteiger charge is -2.42. The molecule has 64 heavy (non-hydrogen) atoms. The number of fused-ring (bicyclic) bond motifs is 3. The highest BCUT2D eigenvalue weighted by atomic mass is 16.6. The molecule has 362 valence electrons. The zero-order valence-electron chi connectivity index (χ0n) is 40.4. The number of Topliss-reactive ketones (excluding diaryl/α,β-unsaturated/α-hetero) is 2. The normalized spacial score (nSPS) is 40.8. The minimum absolute atomic E-state index is 0.0678. The molecule has 0 spiro atoms. The van der Waals surface area contributed by atoms with Gasteiger partial charge in [-0.2, -0.15) is 0 Å². The summed E-state index contributed by atoms with van der Waals surface area (Å²) in [5, 5.41) is 33.9. The summed E-state index contributed by atoms with van der Waals surface area (Å²) in [5.41, 5.74) is 1.51. The topological polar surface area (TPSA) is 178 Å². The Morgan fingerprint density at radius 3 is 2.23 bits per heavy atom. The van der Waals surface area contributed by atoms with E-state index in [0.717, 1.165) is 18.4 Å². The molecule has 0 aromatic heterocycles. The highest BCUT2D eigenvalue weighted by molar-refractivity contribution is 6.39. The van der Waals surface area contributed by atoms with Crippen LogP contribution < -0.4 is 0 Å². The summed E-state index contributed by atoms with van der Waals surface area (Å²) in [6, 6.07) is -1.02. The molecule has 3 N–H and O–H groups in total. The van der Waals surface area contributed by atoms with Crippen LogP contribution >= 0.6 is 0 Å². The van der Waals surface area contributed by atoms with E-state index in [1.807, 2.05) is 64.2 Å². The zero-order chi connectivity index (χ0) is 47.3. The highest BCUT2D eigenvalue weighted by Gasteiger charge is 2.53. The number of methoxy groups -OCH3 is 3. The number of esters is 1. The lowest BCUT2D eigenvalue weighted by molar-refractivity contribution is -0.265. The molecule has 3 aliphatic heterocycles. The molecule has 4 rings (SSSR count). The van der Waals surface area contributed by atoms with E-state index >= 15 is 0 Å². The van der Waals surface area contributed by atoms with Gasteiger partial charge in [-0.05, 0) is 126 Å². The second-order valence-electron chi connectivity index (χ2n) is 19.7. The molecule has 4 aliphatic rings. The van der Waals surface area contributed by atoms with Crippen molar-refractivity contribution in [2.45, 2.75) is 186 Å². The summed E-state index contributed by atoms with van der Waals surface area (Å²) in [7, 11) is 4.65. The minimum atomic E-state index is -2.38. The van der Waals surface area contributed by atoms with Crippen molar-refractivity contribution in [1.29, 1.82) is 0 Å². The van der Waals surface area contributed by atoms with Crippen molar-refractivity contribution in [3.63, 3.8) is 0 Å². The Morgan fingerprint density at radius 2 is 1.55 bits per heavy atom. The Bertz CT molecular complexity index is 1670. The van der Waals surface area contributed by atoms with Crippen molar-refractivity contribution in [3.05, 3.63) is 47.6 Å². The van der Waals surface area contributed by atoms with E-state index in [-0.39, 0.29) is 48.0 Å². The van der Waals surface area contributed by atoms with Gasteiger partial charge in [0.2, 0.25) is 5.79 Å². The van der Waals surface area contributed by atoms with Crippen LogP contribution in [0.4, 0.5) is 0 Å². The summed E-state index contributed by atoms with van der Waals surface area (Å²) < 4.78 is 29.6. The number of nitrogens with zero attached hydrogens (tertiary/aromatic N) is 1. The first kappa shape index (κ1) is 53.6. The molecule has 1 saturated carbocycles. The van der Waals surface area contributed by atoms with Gasteiger partial charge >= 0.3 is 5.97 Å². The van der Waals surface area contributed by atoms with Gasteiger partial charge in [0.05, 0.1) is 24.4 Å². The molecule has 15 atom stereocenters. The summed E-state index contributed by atoms with van der Waals surface area (Å²) >= 11 is 0. The van der Waals surface area contributed by atoms with Crippen LogP contribution in [0.15, 0.2) is 47.6 Å². The molecule has 1 unspecified atom stereocenters. The van der Waals surface area contributed by atoms with Crippen LogP contribution in [0.3, 0.4) is 0 Å². The van der Waals surface area contributed by atoms with Gasteiger partial charge in [-0.15, -0.1) is 0 Å². The molecule has 0 aromatic rings. The number of piperidine rings is 1. The first-order valence-corrected chi connectivity index (χ1v) is 24.0. The Hall–Kier alpha value is -3.04. The summed E-state index contributed by atoms with van der Waals surface area (Å²) in [4.78, 5) is 57.8. The van der Waals surface area contributed by atoms with Crippen LogP contribution in [0.5, 0.6) is 0 Å². The second-order valence-corrected chi connectivity index (χ2v) is 19.7. The van der Waals surface area contributed by atoms with Crippen molar-refractivity contribution in [2.75, 3.05) is 27.9 Å². The van der Waals surface area contributed by atoms with Gasteiger partial charge in [-0.25, -0.2) is 4.79 Å². The molecule has 13 nitrogen and oxygen atoms in total. The number of amides is 1. The smallest absolute Gasteiger partial charge is 0.329 e. The number of hydrogen-bond donors (Lipinski definition) is 3. The molecule has 13 heteroatoms. The summed E-state index contributed by atoms with van der Waals surface area (Å²) in [6.07, 6.45) is 14.5. The fraction of sp³-hybridized carbons (Fsp3) is 0.765. The quantitative estimate of drug-likeness (QED) is 0.142. The number of hydrogen-bond acceptors (Lipinski definition) is 12. The van der Waals surface area contributed by atoms with Gasteiger partial charge in [-0.1, -0.05) is 71.1 Å².